The summed E-state index contributed by atoms with van der Waals surface area (Å²) in [5, 5.41) is 3.51. The normalized spacial score (nSPS) is 19.9. The molecule has 0 aliphatic carbocycles. The van der Waals surface area contributed by atoms with Gasteiger partial charge in [0.15, 0.2) is 0 Å². The summed E-state index contributed by atoms with van der Waals surface area (Å²) < 4.78 is 10.0. The summed E-state index contributed by atoms with van der Waals surface area (Å²) in [6.45, 7) is 8.29. The van der Waals surface area contributed by atoms with Crippen LogP contribution in [0.5, 0.6) is 0 Å². The predicted molar refractivity (Wildman–Crippen MR) is 81.2 cm³/mol. The third-order valence-corrected chi connectivity index (χ3v) is 3.93. The van der Waals surface area contributed by atoms with E-state index in [1.54, 1.807) is 6.26 Å². The minimum atomic E-state index is -0.398. The van der Waals surface area contributed by atoms with Gasteiger partial charge in [-0.05, 0) is 37.9 Å². The number of rotatable bonds is 6. The molecule has 2 heterocycles. The van der Waals surface area contributed by atoms with E-state index >= 15 is 0 Å². The van der Waals surface area contributed by atoms with Gasteiger partial charge < -0.3 is 14.5 Å². The lowest BCUT2D eigenvalue weighted by molar-refractivity contribution is 0.0560. The van der Waals surface area contributed by atoms with E-state index in [-0.39, 0.29) is 0 Å². The highest BCUT2D eigenvalue weighted by Gasteiger charge is 2.23. The minimum Gasteiger partial charge on any atom is -0.463 e. The van der Waals surface area contributed by atoms with Crippen molar-refractivity contribution in [2.24, 2.45) is 5.92 Å². The molecular formula is C16H26N2O3. The molecule has 0 amide bonds. The predicted octanol–water partition coefficient (Wildman–Crippen LogP) is 2.28. The van der Waals surface area contributed by atoms with Crippen LogP contribution in [0.1, 0.15) is 42.8 Å². The lowest BCUT2D eigenvalue weighted by Crippen LogP contribution is -2.40. The van der Waals surface area contributed by atoms with E-state index in [2.05, 4.69) is 24.1 Å². The Balaban J connectivity index is 1.90. The number of nitrogens with zero attached hydrogens (tertiary/aromatic N) is 1. The molecule has 0 bridgehead atoms. The topological polar surface area (TPSA) is 54.7 Å². The van der Waals surface area contributed by atoms with Crippen LogP contribution in [0, 0.1) is 5.92 Å². The summed E-state index contributed by atoms with van der Waals surface area (Å²) in [6.07, 6.45) is 4.03. The van der Waals surface area contributed by atoms with Gasteiger partial charge in [-0.15, -0.1) is 0 Å². The second-order valence-electron chi connectivity index (χ2n) is 6.07. The van der Waals surface area contributed by atoms with Crippen molar-refractivity contribution in [3.8, 4) is 0 Å². The number of likely N-dealkylation sites (tertiary alicyclic amines) is 1. The van der Waals surface area contributed by atoms with Crippen molar-refractivity contribution in [3.05, 3.63) is 23.7 Å². The zero-order valence-corrected chi connectivity index (χ0v) is 13.2. The van der Waals surface area contributed by atoms with Gasteiger partial charge in [0.1, 0.15) is 0 Å². The molecule has 5 nitrogen and oxygen atoms in total. The molecular weight excluding hydrogens is 268 g/mol. The molecule has 1 N–H and O–H groups in total. The summed E-state index contributed by atoms with van der Waals surface area (Å²) in [5.41, 5.74) is 0.916. The van der Waals surface area contributed by atoms with Crippen LogP contribution >= 0.6 is 0 Å². The molecule has 21 heavy (non-hydrogen) atoms. The van der Waals surface area contributed by atoms with Crippen LogP contribution in [0.4, 0.5) is 0 Å². The van der Waals surface area contributed by atoms with E-state index in [1.165, 1.54) is 20.0 Å². The van der Waals surface area contributed by atoms with Gasteiger partial charge in [0, 0.05) is 24.7 Å². The summed E-state index contributed by atoms with van der Waals surface area (Å²) in [7, 11) is 1.38. The summed E-state index contributed by atoms with van der Waals surface area (Å²) in [4.78, 5) is 14.0. The summed E-state index contributed by atoms with van der Waals surface area (Å²) in [6, 6.07) is 2.39. The number of furan rings is 1. The Kier molecular flexibility index (Phi) is 5.82. The number of hydrogen-bond donors (Lipinski definition) is 1. The lowest BCUT2D eigenvalue weighted by atomic mass is 9.97. The maximum absolute atomic E-state index is 11.6. The Morgan fingerprint density at radius 2 is 2.38 bits per heavy atom. The first-order chi connectivity index (χ1) is 10.1. The molecule has 1 atom stereocenters. The van der Waals surface area contributed by atoms with E-state index in [0.29, 0.717) is 17.7 Å². The first-order valence-corrected chi connectivity index (χ1v) is 7.70. The molecule has 0 aromatic carbocycles. The van der Waals surface area contributed by atoms with Crippen molar-refractivity contribution in [2.75, 3.05) is 26.7 Å². The fraction of sp³-hybridized carbons (Fsp3) is 0.688. The van der Waals surface area contributed by atoms with E-state index in [1.807, 2.05) is 6.07 Å². The maximum atomic E-state index is 11.6. The molecule has 5 heteroatoms. The van der Waals surface area contributed by atoms with Crippen LogP contribution in [-0.2, 0) is 11.3 Å². The van der Waals surface area contributed by atoms with Gasteiger partial charge in [0.25, 0.3) is 0 Å². The van der Waals surface area contributed by atoms with E-state index in [0.717, 1.165) is 31.7 Å². The first kappa shape index (κ1) is 16.0. The third kappa shape index (κ3) is 4.58. The first-order valence-electron chi connectivity index (χ1n) is 7.70. The van der Waals surface area contributed by atoms with Gasteiger partial charge >= 0.3 is 5.97 Å². The smallest absolute Gasteiger partial charge is 0.374 e. The summed E-state index contributed by atoms with van der Waals surface area (Å²) in [5.74, 6) is 0.611. The van der Waals surface area contributed by atoms with Crippen LogP contribution < -0.4 is 5.32 Å². The van der Waals surface area contributed by atoms with Gasteiger partial charge in [-0.2, -0.15) is 0 Å². The number of carbonyl (C=O) groups is 1. The highest BCUT2D eigenvalue weighted by Crippen LogP contribution is 2.20. The van der Waals surface area contributed by atoms with E-state index in [9.17, 15) is 4.79 Å². The Morgan fingerprint density at radius 1 is 1.57 bits per heavy atom. The zero-order chi connectivity index (χ0) is 15.2. The maximum Gasteiger partial charge on any atom is 0.374 e. The molecule has 1 aliphatic rings. The number of piperidine rings is 1. The van der Waals surface area contributed by atoms with Crippen molar-refractivity contribution in [1.82, 2.24) is 10.2 Å². The second-order valence-corrected chi connectivity index (χ2v) is 6.07. The summed E-state index contributed by atoms with van der Waals surface area (Å²) >= 11 is 0. The average Bonchev–Trinajstić information content (AvgIpc) is 2.93. The van der Waals surface area contributed by atoms with Gasteiger partial charge in [-0.3, -0.25) is 4.90 Å². The van der Waals surface area contributed by atoms with Crippen LogP contribution in [-0.4, -0.2) is 43.7 Å². The van der Waals surface area contributed by atoms with Crippen molar-refractivity contribution in [3.63, 3.8) is 0 Å². The fourth-order valence-electron chi connectivity index (χ4n) is 2.84. The highest BCUT2D eigenvalue weighted by atomic mass is 16.5. The Labute approximate surface area is 126 Å². The average molecular weight is 294 g/mol. The molecule has 1 saturated heterocycles. The van der Waals surface area contributed by atoms with Gasteiger partial charge in [0.05, 0.1) is 13.4 Å². The van der Waals surface area contributed by atoms with Crippen LogP contribution in [0.15, 0.2) is 16.7 Å². The number of nitrogens with one attached hydrogen (secondary N) is 1. The SMILES string of the molecule is COC(=O)c1occc1CN1CCCC(CNC(C)C)C1. The number of hydrogen-bond acceptors (Lipinski definition) is 5. The molecule has 1 aromatic rings. The fourth-order valence-corrected chi connectivity index (χ4v) is 2.84. The number of carbonyl (C=O) groups excluding carboxylic acids is 1. The Hall–Kier alpha value is -1.33. The molecule has 0 radical (unpaired) electrons. The Morgan fingerprint density at radius 3 is 3.10 bits per heavy atom. The number of ether oxygens (including phenoxy) is 1. The zero-order valence-electron chi connectivity index (χ0n) is 13.2. The second kappa shape index (κ2) is 7.61. The standard InChI is InChI=1S/C16H26N2O3/c1-12(2)17-9-13-5-4-7-18(10-13)11-14-6-8-21-15(14)16(19)20-3/h6,8,12-13,17H,4-5,7,9-11H2,1-3H3. The molecule has 1 unspecified atom stereocenters. The third-order valence-electron chi connectivity index (χ3n) is 3.93. The van der Waals surface area contributed by atoms with Crippen LogP contribution in [0.25, 0.3) is 0 Å². The minimum absolute atomic E-state index is 0.333. The van der Waals surface area contributed by atoms with E-state index in [4.69, 9.17) is 9.15 Å². The van der Waals surface area contributed by atoms with E-state index < -0.39 is 5.97 Å². The molecule has 118 valence electrons. The monoisotopic (exact) mass is 294 g/mol. The van der Waals surface area contributed by atoms with Gasteiger partial charge in [0.2, 0.25) is 5.76 Å². The van der Waals surface area contributed by atoms with Gasteiger partial charge in [-0.1, -0.05) is 13.8 Å². The van der Waals surface area contributed by atoms with Crippen molar-refractivity contribution >= 4 is 5.97 Å². The molecule has 2 rings (SSSR count). The van der Waals surface area contributed by atoms with Crippen molar-refractivity contribution in [1.29, 1.82) is 0 Å². The molecule has 0 spiro atoms. The molecule has 1 aromatic heterocycles. The van der Waals surface area contributed by atoms with Crippen LogP contribution in [0.3, 0.4) is 0 Å². The van der Waals surface area contributed by atoms with Crippen molar-refractivity contribution in [2.45, 2.75) is 39.3 Å². The molecule has 1 fully saturated rings. The Bertz CT molecular complexity index is 456. The largest absolute Gasteiger partial charge is 0.463 e. The number of esters is 1. The molecule has 1 aliphatic heterocycles. The van der Waals surface area contributed by atoms with Gasteiger partial charge in [-0.25, -0.2) is 4.79 Å². The molecule has 0 saturated carbocycles. The lowest BCUT2D eigenvalue weighted by Gasteiger charge is -2.33. The quantitative estimate of drug-likeness (QED) is 0.816. The number of methoxy groups -OCH3 is 1. The van der Waals surface area contributed by atoms with Crippen LogP contribution in [0.2, 0.25) is 0 Å². The highest BCUT2D eigenvalue weighted by molar-refractivity contribution is 5.87. The van der Waals surface area contributed by atoms with Crippen molar-refractivity contribution < 1.29 is 13.9 Å².